The number of anilines is 1. The molecule has 29 heavy (non-hydrogen) atoms. The first-order chi connectivity index (χ1) is 13.6. The number of nitrogens with one attached hydrogen (secondary N) is 2. The Balaban J connectivity index is 0.00000300. The van der Waals surface area contributed by atoms with Gasteiger partial charge in [0, 0.05) is 31.1 Å². The molecule has 8 heteroatoms. The van der Waals surface area contributed by atoms with Crippen LogP contribution in [0.3, 0.4) is 0 Å². The second kappa shape index (κ2) is 11.6. The number of allylic oxidation sites excluding steroid dienone is 1. The lowest BCUT2D eigenvalue weighted by Crippen LogP contribution is -2.26. The van der Waals surface area contributed by atoms with Crippen LogP contribution < -0.4 is 10.6 Å². The number of carboxylic acid groups (broad SMARTS) is 1. The summed E-state index contributed by atoms with van der Waals surface area (Å²) in [7, 11) is 0. The number of carbonyl (C=O) groups is 2. The first-order valence-corrected chi connectivity index (χ1v) is 10.4. The molecule has 3 N–H and O–H groups in total. The van der Waals surface area contributed by atoms with E-state index in [2.05, 4.69) is 27.8 Å². The number of benzene rings is 1. The molecule has 3 rings (SSSR count). The summed E-state index contributed by atoms with van der Waals surface area (Å²) in [6.07, 6.45) is 6.60. The molecule has 0 bridgehead atoms. The molecule has 1 heterocycles. The Morgan fingerprint density at radius 1 is 1.28 bits per heavy atom. The molecule has 156 valence electrons. The number of aromatic nitrogens is 1. The molecule has 1 amide bonds. The van der Waals surface area contributed by atoms with Gasteiger partial charge >= 0.3 is 5.97 Å². The van der Waals surface area contributed by atoms with Crippen molar-refractivity contribution in [3.8, 4) is 0 Å². The summed E-state index contributed by atoms with van der Waals surface area (Å²) in [5, 5.41) is 18.2. The molecule has 0 fully saturated rings. The molecule has 1 aromatic carbocycles. The van der Waals surface area contributed by atoms with Crippen LogP contribution >= 0.6 is 23.7 Å². The van der Waals surface area contributed by atoms with Gasteiger partial charge in [-0.15, -0.1) is 23.7 Å². The van der Waals surface area contributed by atoms with Crippen LogP contribution in [0.15, 0.2) is 47.5 Å². The Labute approximate surface area is 180 Å². The molecule has 1 unspecified atom stereocenters. The van der Waals surface area contributed by atoms with Gasteiger partial charge in [-0.3, -0.25) is 9.59 Å². The van der Waals surface area contributed by atoms with E-state index in [0.717, 1.165) is 29.1 Å². The number of aliphatic carboxylic acids is 1. The first kappa shape index (κ1) is 22.9. The standard InChI is InChI=1S/C21H25N3O3S.ClH/c25-19(6-3-9-22-21-23-10-11-28-21)24-14-15-7-8-16-4-1-2-5-18(16)17(12-15)13-20(26)27;/h1-2,4-5,7,10-11,17H,3,6,8-9,12-14H2,(H,22,23)(H,24,25)(H,26,27);1H. The molecule has 0 radical (unpaired) electrons. The van der Waals surface area contributed by atoms with E-state index in [9.17, 15) is 14.7 Å². The minimum atomic E-state index is -0.794. The van der Waals surface area contributed by atoms with Crippen molar-refractivity contribution < 1.29 is 14.7 Å². The predicted octanol–water partition coefficient (Wildman–Crippen LogP) is 4.00. The molecule has 0 saturated heterocycles. The number of hydrogen-bond donors (Lipinski definition) is 3. The molecule has 1 atom stereocenters. The summed E-state index contributed by atoms with van der Waals surface area (Å²) >= 11 is 1.54. The van der Waals surface area contributed by atoms with Crippen LogP contribution in [0, 0.1) is 0 Å². The van der Waals surface area contributed by atoms with E-state index in [-0.39, 0.29) is 30.7 Å². The fraction of sp³-hybridized carbons (Fsp3) is 0.381. The molecular weight excluding hydrogens is 410 g/mol. The quantitative estimate of drug-likeness (QED) is 0.409. The lowest BCUT2D eigenvalue weighted by atomic mass is 9.88. The number of fused-ring (bicyclic) bond motifs is 1. The topological polar surface area (TPSA) is 91.3 Å². The third-order valence-electron chi connectivity index (χ3n) is 4.84. The second-order valence-corrected chi connectivity index (χ2v) is 7.80. The minimum Gasteiger partial charge on any atom is -0.481 e. The third kappa shape index (κ3) is 7.18. The zero-order chi connectivity index (χ0) is 19.8. The maximum atomic E-state index is 12.1. The van der Waals surface area contributed by atoms with Crippen LogP contribution in [0.25, 0.3) is 0 Å². The molecule has 0 saturated carbocycles. The molecular formula is C21H26ClN3O3S. The summed E-state index contributed by atoms with van der Waals surface area (Å²) in [6.45, 7) is 1.18. The Morgan fingerprint density at radius 3 is 2.86 bits per heavy atom. The van der Waals surface area contributed by atoms with Crippen molar-refractivity contribution in [2.24, 2.45) is 0 Å². The van der Waals surface area contributed by atoms with Gasteiger partial charge in [-0.05, 0) is 36.3 Å². The first-order valence-electron chi connectivity index (χ1n) is 9.49. The van der Waals surface area contributed by atoms with E-state index in [1.807, 2.05) is 23.6 Å². The van der Waals surface area contributed by atoms with E-state index in [0.29, 0.717) is 25.9 Å². The van der Waals surface area contributed by atoms with Crippen molar-refractivity contribution in [2.45, 2.75) is 38.0 Å². The average molecular weight is 436 g/mol. The monoisotopic (exact) mass is 435 g/mol. The van der Waals surface area contributed by atoms with Gasteiger partial charge in [0.2, 0.25) is 5.91 Å². The minimum absolute atomic E-state index is 0. The van der Waals surface area contributed by atoms with Crippen LogP contribution in [0.4, 0.5) is 5.13 Å². The van der Waals surface area contributed by atoms with Crippen LogP contribution in [-0.4, -0.2) is 35.1 Å². The van der Waals surface area contributed by atoms with Crippen molar-refractivity contribution in [1.82, 2.24) is 10.3 Å². The molecule has 1 aromatic heterocycles. The number of halogens is 1. The van der Waals surface area contributed by atoms with Gasteiger partial charge in [-0.25, -0.2) is 4.98 Å². The largest absolute Gasteiger partial charge is 0.481 e. The summed E-state index contributed by atoms with van der Waals surface area (Å²) in [5.41, 5.74) is 3.37. The van der Waals surface area contributed by atoms with Crippen molar-refractivity contribution >= 4 is 40.8 Å². The number of rotatable bonds is 9. The highest BCUT2D eigenvalue weighted by atomic mass is 35.5. The van der Waals surface area contributed by atoms with Crippen molar-refractivity contribution in [3.05, 3.63) is 58.6 Å². The predicted molar refractivity (Wildman–Crippen MR) is 118 cm³/mol. The lowest BCUT2D eigenvalue weighted by molar-refractivity contribution is -0.137. The van der Waals surface area contributed by atoms with E-state index >= 15 is 0 Å². The van der Waals surface area contributed by atoms with Crippen molar-refractivity contribution in [3.63, 3.8) is 0 Å². The van der Waals surface area contributed by atoms with Gasteiger partial charge in [0.15, 0.2) is 5.13 Å². The number of hydrogen-bond acceptors (Lipinski definition) is 5. The number of amides is 1. The zero-order valence-corrected chi connectivity index (χ0v) is 17.7. The SMILES string of the molecule is Cl.O=C(O)CC1CC(CNC(=O)CCCNc2nccs2)=CCc2ccccc21. The smallest absolute Gasteiger partial charge is 0.303 e. The number of thiazole rings is 1. The van der Waals surface area contributed by atoms with Gasteiger partial charge in [0.1, 0.15) is 0 Å². The summed E-state index contributed by atoms with van der Waals surface area (Å²) in [5.74, 6) is -0.835. The van der Waals surface area contributed by atoms with Crippen LogP contribution in [-0.2, 0) is 16.0 Å². The van der Waals surface area contributed by atoms with E-state index < -0.39 is 5.97 Å². The second-order valence-electron chi connectivity index (χ2n) is 6.91. The fourth-order valence-electron chi connectivity index (χ4n) is 3.48. The van der Waals surface area contributed by atoms with Gasteiger partial charge in [-0.2, -0.15) is 0 Å². The summed E-state index contributed by atoms with van der Waals surface area (Å²) < 4.78 is 0. The average Bonchev–Trinajstić information content (AvgIpc) is 3.14. The highest BCUT2D eigenvalue weighted by Gasteiger charge is 2.22. The lowest BCUT2D eigenvalue weighted by Gasteiger charge is -2.17. The van der Waals surface area contributed by atoms with Crippen molar-refractivity contribution in [1.29, 1.82) is 0 Å². The summed E-state index contributed by atoms with van der Waals surface area (Å²) in [6, 6.07) is 8.02. The molecule has 0 aliphatic heterocycles. The Kier molecular flexibility index (Phi) is 9.15. The van der Waals surface area contributed by atoms with Crippen LogP contribution in [0.1, 0.15) is 42.7 Å². The zero-order valence-electron chi connectivity index (χ0n) is 16.1. The number of nitrogens with zero attached hydrogens (tertiary/aromatic N) is 1. The number of carbonyl (C=O) groups excluding carboxylic acids is 1. The Bertz CT molecular complexity index is 839. The van der Waals surface area contributed by atoms with Gasteiger partial charge in [0.05, 0.1) is 6.42 Å². The maximum Gasteiger partial charge on any atom is 0.303 e. The summed E-state index contributed by atoms with van der Waals surface area (Å²) in [4.78, 5) is 27.6. The van der Waals surface area contributed by atoms with Crippen LogP contribution in [0.2, 0.25) is 0 Å². The third-order valence-corrected chi connectivity index (χ3v) is 5.57. The number of carboxylic acids is 1. The Morgan fingerprint density at radius 2 is 2.10 bits per heavy atom. The van der Waals surface area contributed by atoms with Gasteiger partial charge < -0.3 is 15.7 Å². The van der Waals surface area contributed by atoms with E-state index in [4.69, 9.17) is 0 Å². The molecule has 6 nitrogen and oxygen atoms in total. The highest BCUT2D eigenvalue weighted by molar-refractivity contribution is 7.13. The Hall–Kier alpha value is -2.38. The molecule has 1 aliphatic rings. The molecule has 2 aromatic rings. The normalized spacial score (nSPS) is 15.3. The van der Waals surface area contributed by atoms with Gasteiger partial charge in [-0.1, -0.05) is 35.9 Å². The van der Waals surface area contributed by atoms with Crippen LogP contribution in [0.5, 0.6) is 0 Å². The van der Waals surface area contributed by atoms with E-state index in [1.165, 1.54) is 16.9 Å². The van der Waals surface area contributed by atoms with Crippen molar-refractivity contribution in [2.75, 3.05) is 18.4 Å². The van der Waals surface area contributed by atoms with E-state index in [1.54, 1.807) is 6.20 Å². The van der Waals surface area contributed by atoms with Gasteiger partial charge in [0.25, 0.3) is 0 Å². The maximum absolute atomic E-state index is 12.1. The highest BCUT2D eigenvalue weighted by Crippen LogP contribution is 2.33. The fourth-order valence-corrected chi connectivity index (χ4v) is 4.03. The molecule has 1 aliphatic carbocycles. The molecule has 0 spiro atoms.